The Bertz CT molecular complexity index is 1400. The van der Waals surface area contributed by atoms with Crippen LogP contribution < -0.4 is 5.56 Å². The fourth-order valence-electron chi connectivity index (χ4n) is 4.62. The summed E-state index contributed by atoms with van der Waals surface area (Å²) in [6, 6.07) is 17.8. The minimum atomic E-state index is -0.300. The predicted molar refractivity (Wildman–Crippen MR) is 135 cm³/mol. The van der Waals surface area contributed by atoms with E-state index >= 15 is 0 Å². The first kappa shape index (κ1) is 23.0. The van der Waals surface area contributed by atoms with Crippen LogP contribution in [0.4, 0.5) is 0 Å². The van der Waals surface area contributed by atoms with Gasteiger partial charge in [-0.15, -0.1) is 5.10 Å². The number of rotatable bonds is 4. The minimum absolute atomic E-state index is 0.00868. The van der Waals surface area contributed by atoms with E-state index in [1.54, 1.807) is 4.68 Å². The molecular weight excluding hydrogens is 440 g/mol. The molecule has 1 aliphatic heterocycles. The quantitative estimate of drug-likeness (QED) is 0.488. The second-order valence-corrected chi connectivity index (χ2v) is 10.3. The molecule has 35 heavy (non-hydrogen) atoms. The number of aromatic nitrogens is 5. The molecule has 5 rings (SSSR count). The summed E-state index contributed by atoms with van der Waals surface area (Å²) in [6.45, 7) is 8.15. The highest BCUT2D eigenvalue weighted by Gasteiger charge is 2.28. The van der Waals surface area contributed by atoms with Gasteiger partial charge in [-0.05, 0) is 41.5 Å². The summed E-state index contributed by atoms with van der Waals surface area (Å²) in [7, 11) is 0. The number of nitrogens with zero attached hydrogens (tertiary/aromatic N) is 5. The first-order chi connectivity index (χ1) is 16.8. The van der Waals surface area contributed by atoms with E-state index in [-0.39, 0.29) is 28.3 Å². The molecule has 2 aromatic carbocycles. The molecule has 1 atom stereocenters. The van der Waals surface area contributed by atoms with Crippen LogP contribution in [0.3, 0.4) is 0 Å². The van der Waals surface area contributed by atoms with E-state index in [2.05, 4.69) is 36.1 Å². The summed E-state index contributed by atoms with van der Waals surface area (Å²) >= 11 is 0. The van der Waals surface area contributed by atoms with Crippen molar-refractivity contribution in [2.24, 2.45) is 0 Å². The first-order valence-electron chi connectivity index (χ1n) is 12.1. The Morgan fingerprint density at radius 1 is 1.09 bits per heavy atom. The van der Waals surface area contributed by atoms with E-state index in [9.17, 15) is 9.59 Å². The van der Waals surface area contributed by atoms with E-state index in [1.807, 2.05) is 59.5 Å². The summed E-state index contributed by atoms with van der Waals surface area (Å²) in [6.07, 6.45) is 1.70. The number of fused-ring (bicyclic) bond motifs is 1. The Hall–Kier alpha value is -3.81. The van der Waals surface area contributed by atoms with Crippen molar-refractivity contribution in [3.05, 3.63) is 87.5 Å². The van der Waals surface area contributed by atoms with E-state index < -0.39 is 0 Å². The number of H-pyrrole nitrogens is 1. The number of likely N-dealkylation sites (tertiary alicyclic amines) is 1. The Labute approximate surface area is 204 Å². The molecule has 1 saturated heterocycles. The van der Waals surface area contributed by atoms with Gasteiger partial charge in [0.2, 0.25) is 0 Å². The number of hydrogen-bond acceptors (Lipinski definition) is 5. The molecule has 1 fully saturated rings. The summed E-state index contributed by atoms with van der Waals surface area (Å²) in [5.74, 6) is 0.535. The fourth-order valence-corrected chi connectivity index (χ4v) is 4.62. The Morgan fingerprint density at radius 2 is 1.83 bits per heavy atom. The van der Waals surface area contributed by atoms with Gasteiger partial charge in [-0.2, -0.15) is 0 Å². The average molecular weight is 471 g/mol. The third-order valence-corrected chi connectivity index (χ3v) is 6.66. The van der Waals surface area contributed by atoms with Crippen molar-refractivity contribution in [1.29, 1.82) is 0 Å². The van der Waals surface area contributed by atoms with Gasteiger partial charge in [0, 0.05) is 24.6 Å². The molecule has 0 unspecified atom stereocenters. The molecule has 180 valence electrons. The minimum Gasteiger partial charge on any atom is -0.338 e. The lowest BCUT2D eigenvalue weighted by molar-refractivity contribution is 0.0704. The number of benzene rings is 2. The van der Waals surface area contributed by atoms with Crippen LogP contribution in [0.15, 0.2) is 59.4 Å². The van der Waals surface area contributed by atoms with Crippen LogP contribution >= 0.6 is 0 Å². The lowest BCUT2D eigenvalue weighted by Crippen LogP contribution is -2.40. The van der Waals surface area contributed by atoms with Gasteiger partial charge in [0.1, 0.15) is 5.82 Å². The number of amides is 1. The van der Waals surface area contributed by atoms with Crippen molar-refractivity contribution in [1.82, 2.24) is 29.9 Å². The van der Waals surface area contributed by atoms with Crippen molar-refractivity contribution < 1.29 is 4.79 Å². The highest BCUT2D eigenvalue weighted by Crippen LogP contribution is 2.27. The van der Waals surface area contributed by atoms with Crippen molar-refractivity contribution in [3.8, 4) is 0 Å². The molecule has 1 N–H and O–H groups in total. The van der Waals surface area contributed by atoms with Crippen LogP contribution in [0.2, 0.25) is 0 Å². The predicted octanol–water partition coefficient (Wildman–Crippen LogP) is 3.88. The summed E-state index contributed by atoms with van der Waals surface area (Å²) in [5.41, 5.74) is 3.36. The van der Waals surface area contributed by atoms with E-state index in [4.69, 9.17) is 4.98 Å². The third-order valence-electron chi connectivity index (χ3n) is 6.66. The zero-order valence-corrected chi connectivity index (χ0v) is 20.4. The number of carbonyl (C=O) groups excluding carboxylic acids is 1. The molecule has 8 heteroatoms. The van der Waals surface area contributed by atoms with Gasteiger partial charge >= 0.3 is 0 Å². The second kappa shape index (κ2) is 9.09. The highest BCUT2D eigenvalue weighted by molar-refractivity contribution is 5.94. The molecule has 0 radical (unpaired) electrons. The molecule has 0 saturated carbocycles. The zero-order valence-electron chi connectivity index (χ0n) is 20.4. The largest absolute Gasteiger partial charge is 0.338 e. The van der Waals surface area contributed by atoms with Crippen LogP contribution in [-0.2, 0) is 12.0 Å². The molecule has 1 aliphatic rings. The number of carbonyl (C=O) groups is 1. The highest BCUT2D eigenvalue weighted by atomic mass is 16.2. The normalized spacial score (nSPS) is 16.5. The summed E-state index contributed by atoms with van der Waals surface area (Å²) in [5, 5.41) is 8.21. The number of aromatic amines is 1. The molecule has 4 aromatic rings. The van der Waals surface area contributed by atoms with E-state index in [0.29, 0.717) is 36.7 Å². The van der Waals surface area contributed by atoms with Crippen LogP contribution in [0.1, 0.15) is 66.8 Å². The summed E-state index contributed by atoms with van der Waals surface area (Å²) in [4.78, 5) is 35.5. The van der Waals surface area contributed by atoms with Gasteiger partial charge in [-0.25, -0.2) is 9.67 Å². The van der Waals surface area contributed by atoms with Gasteiger partial charge in [-0.1, -0.05) is 68.4 Å². The maximum Gasteiger partial charge on any atom is 0.281 e. The topological polar surface area (TPSA) is 96.8 Å². The molecule has 2 aromatic heterocycles. The maximum absolute atomic E-state index is 13.2. The van der Waals surface area contributed by atoms with Gasteiger partial charge in [0.25, 0.3) is 11.5 Å². The Morgan fingerprint density at radius 3 is 2.54 bits per heavy atom. The van der Waals surface area contributed by atoms with Gasteiger partial charge in [-0.3, -0.25) is 9.59 Å². The molecule has 3 heterocycles. The van der Waals surface area contributed by atoms with Crippen molar-refractivity contribution in [2.75, 3.05) is 13.1 Å². The molecule has 0 spiro atoms. The van der Waals surface area contributed by atoms with Gasteiger partial charge in [0.05, 0.1) is 6.54 Å². The third kappa shape index (κ3) is 4.73. The van der Waals surface area contributed by atoms with Gasteiger partial charge < -0.3 is 9.88 Å². The smallest absolute Gasteiger partial charge is 0.281 e. The van der Waals surface area contributed by atoms with Crippen LogP contribution in [-0.4, -0.2) is 48.9 Å². The first-order valence-corrected chi connectivity index (χ1v) is 12.1. The number of nitrogens with one attached hydrogen (secondary N) is 1. The van der Waals surface area contributed by atoms with Crippen LogP contribution in [0.5, 0.6) is 0 Å². The van der Waals surface area contributed by atoms with Gasteiger partial charge in [0.15, 0.2) is 11.2 Å². The van der Waals surface area contributed by atoms with Crippen molar-refractivity contribution in [2.45, 2.75) is 51.5 Å². The molecule has 1 amide bonds. The fraction of sp³-hybridized carbons (Fsp3) is 0.370. The lowest BCUT2D eigenvalue weighted by Gasteiger charge is -2.32. The average Bonchev–Trinajstić information content (AvgIpc) is 3.27. The standard InChI is InChI=1S/C27H30N6O2/c1-27(2,3)21-13-11-19(12-14-21)26(35)32-15-7-10-20(17-32)23-28-24-22(25(34)29-23)30-31-33(24)16-18-8-5-4-6-9-18/h4-6,8-9,11-14,20H,7,10,15-17H2,1-3H3,(H,28,29,34)/t20-/m1/s1. The molecule has 8 nitrogen and oxygen atoms in total. The van der Waals surface area contributed by atoms with E-state index in [1.165, 1.54) is 5.56 Å². The van der Waals surface area contributed by atoms with Crippen molar-refractivity contribution in [3.63, 3.8) is 0 Å². The Balaban J connectivity index is 1.38. The number of piperidine rings is 1. The SMILES string of the molecule is CC(C)(C)c1ccc(C(=O)N2CCC[C@@H](c3nc4c(nnn4Cc4ccccc4)c(=O)[nH]3)C2)cc1. The van der Waals surface area contributed by atoms with Crippen LogP contribution in [0, 0.1) is 0 Å². The van der Waals surface area contributed by atoms with Crippen LogP contribution in [0.25, 0.3) is 11.2 Å². The molecule has 0 aliphatic carbocycles. The maximum atomic E-state index is 13.2. The Kier molecular flexibility index (Phi) is 5.96. The molecule has 0 bridgehead atoms. The lowest BCUT2D eigenvalue weighted by atomic mass is 9.86. The van der Waals surface area contributed by atoms with E-state index in [0.717, 1.165) is 18.4 Å². The molecular formula is C27H30N6O2. The second-order valence-electron chi connectivity index (χ2n) is 10.3. The van der Waals surface area contributed by atoms with Crippen molar-refractivity contribution >= 4 is 17.1 Å². The zero-order chi connectivity index (χ0) is 24.6. The summed E-state index contributed by atoms with van der Waals surface area (Å²) < 4.78 is 1.66. The monoisotopic (exact) mass is 470 g/mol. The number of hydrogen-bond donors (Lipinski definition) is 1.